The van der Waals surface area contributed by atoms with Gasteiger partial charge in [0.1, 0.15) is 5.75 Å². The van der Waals surface area contributed by atoms with Crippen molar-refractivity contribution in [3.05, 3.63) is 29.8 Å². The Balaban J connectivity index is 2.44. The zero-order chi connectivity index (χ0) is 16.6. The van der Waals surface area contributed by atoms with Crippen LogP contribution in [0.25, 0.3) is 0 Å². The molecule has 9 heteroatoms. The number of nitrogens with one attached hydrogen (secondary N) is 1. The molecule has 0 bridgehead atoms. The SMILES string of the molecule is COCCNC(=O)COC(=O)c1ccc(OC(F)(F)F)cc1. The summed E-state index contributed by atoms with van der Waals surface area (Å²) < 4.78 is 49.0. The number of methoxy groups -OCH3 is 1. The van der Waals surface area contributed by atoms with Gasteiger partial charge in [0.15, 0.2) is 6.61 Å². The zero-order valence-corrected chi connectivity index (χ0v) is 11.6. The molecule has 1 N–H and O–H groups in total. The third kappa shape index (κ3) is 6.93. The van der Waals surface area contributed by atoms with E-state index < -0.39 is 30.6 Å². The van der Waals surface area contributed by atoms with Gasteiger partial charge in [-0.1, -0.05) is 0 Å². The molecule has 1 amide bonds. The fourth-order valence-electron chi connectivity index (χ4n) is 1.35. The van der Waals surface area contributed by atoms with Crippen LogP contribution >= 0.6 is 0 Å². The molecule has 122 valence electrons. The van der Waals surface area contributed by atoms with Gasteiger partial charge < -0.3 is 19.5 Å². The summed E-state index contributed by atoms with van der Waals surface area (Å²) in [5.41, 5.74) is -0.000726. The van der Waals surface area contributed by atoms with E-state index in [9.17, 15) is 22.8 Å². The number of halogens is 3. The third-order valence-corrected chi connectivity index (χ3v) is 2.29. The molecule has 1 aromatic carbocycles. The molecule has 0 spiro atoms. The van der Waals surface area contributed by atoms with E-state index >= 15 is 0 Å². The van der Waals surface area contributed by atoms with Crippen molar-refractivity contribution in [2.24, 2.45) is 0 Å². The summed E-state index contributed by atoms with van der Waals surface area (Å²) in [5.74, 6) is -1.80. The van der Waals surface area contributed by atoms with Gasteiger partial charge in [0, 0.05) is 13.7 Å². The van der Waals surface area contributed by atoms with Crippen LogP contribution in [0, 0.1) is 0 Å². The Labute approximate surface area is 124 Å². The minimum Gasteiger partial charge on any atom is -0.452 e. The summed E-state index contributed by atoms with van der Waals surface area (Å²) in [5, 5.41) is 2.44. The topological polar surface area (TPSA) is 73.9 Å². The summed E-state index contributed by atoms with van der Waals surface area (Å²) in [6.45, 7) is 0.0973. The minimum atomic E-state index is -4.80. The summed E-state index contributed by atoms with van der Waals surface area (Å²) in [7, 11) is 1.47. The molecule has 0 atom stereocenters. The summed E-state index contributed by atoms with van der Waals surface area (Å²) in [4.78, 5) is 22.9. The number of carbonyl (C=O) groups is 2. The van der Waals surface area contributed by atoms with Crippen molar-refractivity contribution in [1.82, 2.24) is 5.32 Å². The summed E-state index contributed by atoms with van der Waals surface area (Å²) >= 11 is 0. The molecule has 1 rings (SSSR count). The first-order chi connectivity index (χ1) is 10.3. The van der Waals surface area contributed by atoms with Crippen LogP contribution < -0.4 is 10.1 Å². The quantitative estimate of drug-likeness (QED) is 0.609. The molecule has 0 aliphatic carbocycles. The standard InChI is InChI=1S/C13H14F3NO5/c1-20-7-6-17-11(18)8-21-12(19)9-2-4-10(5-3-9)22-13(14,15)16/h2-5H,6-8H2,1H3,(H,17,18). The van der Waals surface area contributed by atoms with Crippen LogP contribution in [0.3, 0.4) is 0 Å². The Morgan fingerprint density at radius 2 is 1.82 bits per heavy atom. The monoisotopic (exact) mass is 321 g/mol. The average molecular weight is 321 g/mol. The number of ether oxygens (including phenoxy) is 3. The lowest BCUT2D eigenvalue weighted by Crippen LogP contribution is -2.31. The van der Waals surface area contributed by atoms with E-state index in [1.807, 2.05) is 0 Å². The van der Waals surface area contributed by atoms with Gasteiger partial charge in [0.05, 0.1) is 12.2 Å². The van der Waals surface area contributed by atoms with Crippen LogP contribution in [-0.2, 0) is 14.3 Å². The van der Waals surface area contributed by atoms with Crippen molar-refractivity contribution < 1.29 is 37.0 Å². The third-order valence-electron chi connectivity index (χ3n) is 2.29. The number of benzene rings is 1. The first-order valence-electron chi connectivity index (χ1n) is 6.10. The van der Waals surface area contributed by atoms with E-state index in [1.54, 1.807) is 0 Å². The number of rotatable bonds is 7. The molecule has 0 radical (unpaired) electrons. The van der Waals surface area contributed by atoms with E-state index in [1.165, 1.54) is 7.11 Å². The molecular formula is C13H14F3NO5. The second kappa shape index (κ2) is 8.23. The minimum absolute atomic E-state index is 0.000726. The molecule has 6 nitrogen and oxygen atoms in total. The number of esters is 1. The molecule has 0 aromatic heterocycles. The van der Waals surface area contributed by atoms with Gasteiger partial charge in [-0.25, -0.2) is 4.79 Å². The molecule has 0 heterocycles. The Morgan fingerprint density at radius 3 is 2.36 bits per heavy atom. The fourth-order valence-corrected chi connectivity index (χ4v) is 1.35. The lowest BCUT2D eigenvalue weighted by molar-refractivity contribution is -0.274. The maximum absolute atomic E-state index is 12.0. The molecular weight excluding hydrogens is 307 g/mol. The largest absolute Gasteiger partial charge is 0.573 e. The van der Waals surface area contributed by atoms with E-state index in [2.05, 4.69) is 10.1 Å². The van der Waals surface area contributed by atoms with Crippen LogP contribution in [0.5, 0.6) is 5.75 Å². The van der Waals surface area contributed by atoms with Crippen molar-refractivity contribution in [1.29, 1.82) is 0 Å². The Bertz CT molecular complexity index is 501. The van der Waals surface area contributed by atoms with Gasteiger partial charge in [-0.15, -0.1) is 13.2 Å². The van der Waals surface area contributed by atoms with Gasteiger partial charge in [-0.2, -0.15) is 0 Å². The smallest absolute Gasteiger partial charge is 0.452 e. The molecule has 0 aliphatic rings. The number of hydrogen-bond donors (Lipinski definition) is 1. The highest BCUT2D eigenvalue weighted by atomic mass is 19.4. The normalized spacial score (nSPS) is 10.9. The van der Waals surface area contributed by atoms with Crippen LogP contribution in [-0.4, -0.2) is 45.1 Å². The molecule has 0 saturated carbocycles. The molecule has 0 fully saturated rings. The van der Waals surface area contributed by atoms with Crippen molar-refractivity contribution in [2.45, 2.75) is 6.36 Å². The predicted molar refractivity (Wildman–Crippen MR) is 68.3 cm³/mol. The number of alkyl halides is 3. The van der Waals surface area contributed by atoms with Gasteiger partial charge in [0.25, 0.3) is 5.91 Å². The number of hydrogen-bond acceptors (Lipinski definition) is 5. The maximum atomic E-state index is 12.0. The molecule has 0 unspecified atom stereocenters. The van der Waals surface area contributed by atoms with Gasteiger partial charge in [0.2, 0.25) is 0 Å². The van der Waals surface area contributed by atoms with Crippen LogP contribution in [0.1, 0.15) is 10.4 Å². The Hall–Kier alpha value is -2.29. The summed E-state index contributed by atoms with van der Waals surface area (Å²) in [6.07, 6.45) is -4.80. The lowest BCUT2D eigenvalue weighted by Gasteiger charge is -2.09. The highest BCUT2D eigenvalue weighted by Gasteiger charge is 2.31. The van der Waals surface area contributed by atoms with E-state index in [0.29, 0.717) is 6.61 Å². The molecule has 22 heavy (non-hydrogen) atoms. The van der Waals surface area contributed by atoms with E-state index in [0.717, 1.165) is 24.3 Å². The molecule has 0 aliphatic heterocycles. The Morgan fingerprint density at radius 1 is 1.18 bits per heavy atom. The van der Waals surface area contributed by atoms with Crippen molar-refractivity contribution >= 4 is 11.9 Å². The van der Waals surface area contributed by atoms with Crippen molar-refractivity contribution in [2.75, 3.05) is 26.9 Å². The molecule has 0 saturated heterocycles. The fraction of sp³-hybridized carbons (Fsp3) is 0.385. The maximum Gasteiger partial charge on any atom is 0.573 e. The lowest BCUT2D eigenvalue weighted by atomic mass is 10.2. The predicted octanol–water partition coefficient (Wildman–Crippen LogP) is 1.50. The van der Waals surface area contributed by atoms with Crippen LogP contribution in [0.2, 0.25) is 0 Å². The second-order valence-corrected chi connectivity index (χ2v) is 3.99. The highest BCUT2D eigenvalue weighted by Crippen LogP contribution is 2.22. The second-order valence-electron chi connectivity index (χ2n) is 3.99. The van der Waals surface area contributed by atoms with Gasteiger partial charge in [-0.3, -0.25) is 4.79 Å². The summed E-state index contributed by atoms with van der Waals surface area (Å²) in [6, 6.07) is 4.16. The first-order valence-corrected chi connectivity index (χ1v) is 6.10. The average Bonchev–Trinajstić information content (AvgIpc) is 2.44. The van der Waals surface area contributed by atoms with Crippen LogP contribution in [0.4, 0.5) is 13.2 Å². The molecule has 1 aromatic rings. The number of carbonyl (C=O) groups excluding carboxylic acids is 2. The zero-order valence-electron chi connectivity index (χ0n) is 11.6. The van der Waals surface area contributed by atoms with Crippen molar-refractivity contribution in [3.8, 4) is 5.75 Å². The van der Waals surface area contributed by atoms with E-state index in [4.69, 9.17) is 9.47 Å². The van der Waals surface area contributed by atoms with E-state index in [-0.39, 0.29) is 12.1 Å². The highest BCUT2D eigenvalue weighted by molar-refractivity contribution is 5.91. The van der Waals surface area contributed by atoms with Gasteiger partial charge >= 0.3 is 12.3 Å². The Kier molecular flexibility index (Phi) is 6.64. The first kappa shape index (κ1) is 17.8. The number of amides is 1. The van der Waals surface area contributed by atoms with Crippen LogP contribution in [0.15, 0.2) is 24.3 Å². The van der Waals surface area contributed by atoms with Gasteiger partial charge in [-0.05, 0) is 24.3 Å². The van der Waals surface area contributed by atoms with Crippen molar-refractivity contribution in [3.63, 3.8) is 0 Å².